The highest BCUT2D eigenvalue weighted by Gasteiger charge is 2.27. The van der Waals surface area contributed by atoms with Crippen LogP contribution in [0.1, 0.15) is 141 Å². The molecule has 0 aliphatic carbocycles. The molecule has 0 unspecified atom stereocenters. The second-order valence-electron chi connectivity index (χ2n) is 18.2. The summed E-state index contributed by atoms with van der Waals surface area (Å²) in [5.41, 5.74) is 8.95. The molecule has 0 amide bonds. The van der Waals surface area contributed by atoms with Crippen molar-refractivity contribution in [3.05, 3.63) is 117 Å². The Bertz CT molecular complexity index is 1710. The van der Waals surface area contributed by atoms with Crippen molar-refractivity contribution in [2.75, 3.05) is 0 Å². The van der Waals surface area contributed by atoms with Crippen LogP contribution in [0.25, 0.3) is 0 Å². The highest BCUT2D eigenvalue weighted by atomic mass is 16.3. The van der Waals surface area contributed by atoms with Gasteiger partial charge in [-0.05, 0) is 80.3 Å². The predicted molar refractivity (Wildman–Crippen MR) is 211 cm³/mol. The molecule has 0 fully saturated rings. The second-order valence-corrected chi connectivity index (χ2v) is 18.2. The van der Waals surface area contributed by atoms with Gasteiger partial charge in [-0.1, -0.05) is 133 Å². The van der Waals surface area contributed by atoms with Gasteiger partial charge in [0.25, 0.3) is 0 Å². The molecule has 4 rings (SSSR count). The lowest BCUT2D eigenvalue weighted by Gasteiger charge is -2.27. The van der Waals surface area contributed by atoms with Gasteiger partial charge in [0.1, 0.15) is 11.5 Å². The van der Waals surface area contributed by atoms with Crippen molar-refractivity contribution in [2.24, 2.45) is 9.98 Å². The van der Waals surface area contributed by atoms with E-state index in [1.165, 1.54) is 22.3 Å². The molecule has 0 aliphatic rings. The fourth-order valence-corrected chi connectivity index (χ4v) is 5.90. The summed E-state index contributed by atoms with van der Waals surface area (Å²) in [7, 11) is 0. The Morgan fingerprint density at radius 3 is 0.980 bits per heavy atom. The van der Waals surface area contributed by atoms with Crippen molar-refractivity contribution in [2.45, 2.75) is 124 Å². The summed E-state index contributed by atoms with van der Waals surface area (Å²) in [5, 5.41) is 22.3. The predicted octanol–water partition coefficient (Wildman–Crippen LogP) is 12.1. The van der Waals surface area contributed by atoms with Crippen LogP contribution in [0.3, 0.4) is 0 Å². The smallest absolute Gasteiger partial charge is 0.128 e. The minimum atomic E-state index is -0.244. The minimum absolute atomic E-state index is 0.0504. The average molecular weight is 659 g/mol. The third-order valence-corrected chi connectivity index (χ3v) is 9.51. The maximum atomic E-state index is 11.2. The van der Waals surface area contributed by atoms with Crippen LogP contribution in [-0.4, -0.2) is 22.6 Å². The van der Waals surface area contributed by atoms with Gasteiger partial charge in [-0.2, -0.15) is 0 Å². The number of phenolic OH excluding ortho intramolecular Hbond substituents is 2. The average Bonchev–Trinajstić information content (AvgIpc) is 2.98. The number of rotatable bonds is 6. The fraction of sp³-hybridized carbons (Fsp3) is 0.422. The van der Waals surface area contributed by atoms with E-state index >= 15 is 0 Å². The molecule has 0 radical (unpaired) electrons. The number of aliphatic imine (C=N–C) groups is 2. The Morgan fingerprint density at radius 1 is 0.408 bits per heavy atom. The first kappa shape index (κ1) is 37.6. The molecule has 0 atom stereocenters. The van der Waals surface area contributed by atoms with Crippen molar-refractivity contribution in [3.63, 3.8) is 0 Å². The normalized spacial score (nSPS) is 13.5. The molecule has 0 saturated heterocycles. The van der Waals surface area contributed by atoms with E-state index in [9.17, 15) is 10.2 Å². The first-order chi connectivity index (χ1) is 22.4. The molecule has 0 spiro atoms. The maximum Gasteiger partial charge on any atom is 0.128 e. The van der Waals surface area contributed by atoms with Gasteiger partial charge in [-0.15, -0.1) is 0 Å². The fourth-order valence-electron chi connectivity index (χ4n) is 5.90. The minimum Gasteiger partial charge on any atom is -0.507 e. The zero-order valence-corrected chi connectivity index (χ0v) is 32.4. The first-order valence-corrected chi connectivity index (χ1v) is 17.4. The highest BCUT2D eigenvalue weighted by molar-refractivity contribution is 5.87. The molecule has 0 saturated carbocycles. The number of nitrogens with zero attached hydrogens (tertiary/aromatic N) is 2. The third-order valence-electron chi connectivity index (χ3n) is 9.51. The highest BCUT2D eigenvalue weighted by Crippen LogP contribution is 2.39. The van der Waals surface area contributed by atoms with E-state index in [0.717, 1.165) is 33.6 Å². The van der Waals surface area contributed by atoms with Crippen molar-refractivity contribution in [3.8, 4) is 11.5 Å². The van der Waals surface area contributed by atoms with Gasteiger partial charge in [-0.25, -0.2) is 0 Å². The summed E-state index contributed by atoms with van der Waals surface area (Å²) >= 11 is 0. The lowest BCUT2D eigenvalue weighted by Crippen LogP contribution is -2.18. The van der Waals surface area contributed by atoms with Crippen molar-refractivity contribution >= 4 is 23.8 Å². The molecule has 0 heterocycles. The monoisotopic (exact) mass is 658 g/mol. The molecule has 0 bridgehead atoms. The van der Waals surface area contributed by atoms with Gasteiger partial charge < -0.3 is 10.2 Å². The molecule has 260 valence electrons. The van der Waals surface area contributed by atoms with Gasteiger partial charge in [-0.3, -0.25) is 9.98 Å². The van der Waals surface area contributed by atoms with E-state index in [2.05, 4.69) is 133 Å². The molecule has 4 aromatic carbocycles. The molecule has 0 aromatic heterocycles. The van der Waals surface area contributed by atoms with Gasteiger partial charge in [0, 0.05) is 40.1 Å². The van der Waals surface area contributed by atoms with E-state index in [1.54, 1.807) is 12.4 Å². The van der Waals surface area contributed by atoms with Gasteiger partial charge in [0.05, 0.1) is 11.4 Å². The largest absolute Gasteiger partial charge is 0.507 e. The van der Waals surface area contributed by atoms with E-state index in [1.807, 2.05) is 36.4 Å². The number of benzene rings is 4. The van der Waals surface area contributed by atoms with Gasteiger partial charge >= 0.3 is 0 Å². The van der Waals surface area contributed by atoms with Crippen molar-refractivity contribution < 1.29 is 10.2 Å². The van der Waals surface area contributed by atoms with E-state index in [-0.39, 0.29) is 27.1 Å². The van der Waals surface area contributed by atoms with Crippen molar-refractivity contribution in [1.29, 1.82) is 0 Å². The lowest BCUT2D eigenvalue weighted by molar-refractivity contribution is 0.443. The molecule has 4 heteroatoms. The van der Waals surface area contributed by atoms with E-state index in [4.69, 9.17) is 9.98 Å². The summed E-state index contributed by atoms with van der Waals surface area (Å²) in [6.45, 7) is 30.3. The van der Waals surface area contributed by atoms with Crippen LogP contribution in [-0.2, 0) is 27.1 Å². The summed E-state index contributed by atoms with van der Waals surface area (Å²) in [5.74, 6) is 0.583. The number of hydrogen-bond donors (Lipinski definition) is 2. The molecule has 2 N–H and O–H groups in total. The first-order valence-electron chi connectivity index (χ1n) is 17.4. The lowest BCUT2D eigenvalue weighted by atomic mass is 9.78. The molecule has 49 heavy (non-hydrogen) atoms. The summed E-state index contributed by atoms with van der Waals surface area (Å²) in [4.78, 5) is 9.52. The third kappa shape index (κ3) is 8.71. The molecule has 0 aliphatic heterocycles. The molecule has 4 aromatic rings. The van der Waals surface area contributed by atoms with E-state index in [0.29, 0.717) is 11.5 Å². The van der Waals surface area contributed by atoms with Gasteiger partial charge in [0.2, 0.25) is 0 Å². The Morgan fingerprint density at radius 2 is 0.714 bits per heavy atom. The zero-order chi connectivity index (χ0) is 36.7. The Kier molecular flexibility index (Phi) is 10.2. The molecular formula is C45H58N2O2. The molecular weight excluding hydrogens is 601 g/mol. The van der Waals surface area contributed by atoms with Gasteiger partial charge in [0.15, 0.2) is 0 Å². The van der Waals surface area contributed by atoms with Crippen LogP contribution < -0.4 is 0 Å². The Balaban J connectivity index is 1.57. The zero-order valence-electron chi connectivity index (χ0n) is 32.4. The second kappa shape index (κ2) is 13.3. The Labute approximate surface area is 296 Å². The number of hydrogen-bond acceptors (Lipinski definition) is 4. The van der Waals surface area contributed by atoms with Crippen LogP contribution in [0.15, 0.2) is 82.8 Å². The van der Waals surface area contributed by atoms with Crippen LogP contribution >= 0.6 is 0 Å². The summed E-state index contributed by atoms with van der Waals surface area (Å²) in [6.07, 6.45) is 3.56. The molecule has 4 nitrogen and oxygen atoms in total. The Hall–Kier alpha value is -4.18. The van der Waals surface area contributed by atoms with Crippen LogP contribution in [0, 0.1) is 0 Å². The van der Waals surface area contributed by atoms with Crippen LogP contribution in [0.5, 0.6) is 11.5 Å². The summed E-state index contributed by atoms with van der Waals surface area (Å²) < 4.78 is 0. The summed E-state index contributed by atoms with van der Waals surface area (Å²) in [6, 6.07) is 25.0. The van der Waals surface area contributed by atoms with Crippen molar-refractivity contribution in [1.82, 2.24) is 0 Å². The van der Waals surface area contributed by atoms with Crippen LogP contribution in [0.2, 0.25) is 0 Å². The SMILES string of the molecule is CC(C)(C)c1cc(C=Nc2ccc(C(C)(C)c3ccc(N=Cc4cc(C(C)(C)C)cc(C(C)(C)C)c4O)cc3)cc2)c(O)c(C(C)(C)C)c1. The topological polar surface area (TPSA) is 65.2 Å². The van der Waals surface area contributed by atoms with E-state index < -0.39 is 0 Å². The standard InChI is InChI=1S/C45H58N2O2/c1-41(2,3)33-23-29(39(48)37(25-33)43(7,8)9)27-46-35-19-15-31(16-20-35)45(13,14)32-17-21-36(22-18-32)47-28-30-24-34(42(4,5)6)26-38(40(30)49)44(10,11)12/h15-28,48-49H,1-14H3. The number of aromatic hydroxyl groups is 2. The van der Waals surface area contributed by atoms with Crippen LogP contribution in [0.4, 0.5) is 11.4 Å². The quantitative estimate of drug-likeness (QED) is 0.202. The maximum absolute atomic E-state index is 11.2. The number of phenols is 2.